The standard InChI is InChI=1S/C12H20N2O/c15-11(9-12-13-7-8-14-12)10-5-3-1-2-4-6-10/h7-8,10-11,15H,1-6,9H2,(H,13,14). The van der Waals surface area contributed by atoms with Crippen molar-refractivity contribution in [3.8, 4) is 0 Å². The number of aromatic nitrogens is 2. The normalized spacial score (nSPS) is 21.1. The first kappa shape index (κ1) is 10.7. The van der Waals surface area contributed by atoms with E-state index in [0.717, 1.165) is 5.82 Å². The molecule has 0 saturated heterocycles. The molecule has 84 valence electrons. The van der Waals surface area contributed by atoms with Gasteiger partial charge >= 0.3 is 0 Å². The molecule has 2 N–H and O–H groups in total. The van der Waals surface area contributed by atoms with Crippen molar-refractivity contribution in [3.05, 3.63) is 18.2 Å². The second-order valence-electron chi connectivity index (χ2n) is 4.56. The Kier molecular flexibility index (Phi) is 3.78. The molecular weight excluding hydrogens is 188 g/mol. The molecule has 0 aliphatic heterocycles. The average molecular weight is 208 g/mol. The van der Waals surface area contributed by atoms with Gasteiger partial charge in [-0.3, -0.25) is 0 Å². The molecule has 3 heteroatoms. The van der Waals surface area contributed by atoms with Gasteiger partial charge < -0.3 is 10.1 Å². The fourth-order valence-corrected chi connectivity index (χ4v) is 2.47. The van der Waals surface area contributed by atoms with Gasteiger partial charge in [-0.05, 0) is 18.8 Å². The average Bonchev–Trinajstić information content (AvgIpc) is 2.58. The Balaban J connectivity index is 1.86. The van der Waals surface area contributed by atoms with Crippen molar-refractivity contribution in [2.24, 2.45) is 5.92 Å². The predicted octanol–water partition coefficient (Wildman–Crippen LogP) is 2.28. The first-order valence-corrected chi connectivity index (χ1v) is 6.02. The summed E-state index contributed by atoms with van der Waals surface area (Å²) in [6.45, 7) is 0. The van der Waals surface area contributed by atoms with Crippen molar-refractivity contribution in [1.29, 1.82) is 0 Å². The molecule has 15 heavy (non-hydrogen) atoms. The monoisotopic (exact) mass is 208 g/mol. The largest absolute Gasteiger partial charge is 0.392 e. The van der Waals surface area contributed by atoms with E-state index in [2.05, 4.69) is 9.97 Å². The molecule has 0 aromatic carbocycles. The first-order chi connectivity index (χ1) is 7.36. The number of aromatic amines is 1. The summed E-state index contributed by atoms with van der Waals surface area (Å²) in [5.41, 5.74) is 0. The summed E-state index contributed by atoms with van der Waals surface area (Å²) in [5.74, 6) is 1.39. The zero-order valence-electron chi connectivity index (χ0n) is 9.15. The van der Waals surface area contributed by atoms with Gasteiger partial charge in [0.1, 0.15) is 5.82 Å². The highest BCUT2D eigenvalue weighted by molar-refractivity contribution is 4.90. The van der Waals surface area contributed by atoms with Crippen molar-refractivity contribution in [2.75, 3.05) is 0 Å². The minimum atomic E-state index is -0.214. The number of hydrogen-bond donors (Lipinski definition) is 2. The summed E-state index contributed by atoms with van der Waals surface area (Å²) in [6.07, 6.45) is 11.6. The molecule has 1 unspecified atom stereocenters. The molecule has 3 nitrogen and oxygen atoms in total. The van der Waals surface area contributed by atoms with Gasteiger partial charge in [-0.15, -0.1) is 0 Å². The smallest absolute Gasteiger partial charge is 0.108 e. The first-order valence-electron chi connectivity index (χ1n) is 6.02. The van der Waals surface area contributed by atoms with Gasteiger partial charge in [0.25, 0.3) is 0 Å². The van der Waals surface area contributed by atoms with E-state index in [1.807, 2.05) is 6.20 Å². The van der Waals surface area contributed by atoms with Crippen LogP contribution >= 0.6 is 0 Å². The summed E-state index contributed by atoms with van der Waals surface area (Å²) >= 11 is 0. The van der Waals surface area contributed by atoms with Crippen LogP contribution in [0.4, 0.5) is 0 Å². The van der Waals surface area contributed by atoms with Crippen molar-refractivity contribution in [3.63, 3.8) is 0 Å². The Bertz CT molecular complexity index is 263. The molecule has 1 aromatic heterocycles. The van der Waals surface area contributed by atoms with Crippen LogP contribution in [0.3, 0.4) is 0 Å². The number of aliphatic hydroxyl groups is 1. The van der Waals surface area contributed by atoms with Crippen molar-refractivity contribution in [2.45, 2.75) is 51.0 Å². The number of hydrogen-bond acceptors (Lipinski definition) is 2. The van der Waals surface area contributed by atoms with Gasteiger partial charge in [-0.1, -0.05) is 25.7 Å². The Hall–Kier alpha value is -0.830. The van der Waals surface area contributed by atoms with E-state index in [1.54, 1.807) is 6.20 Å². The van der Waals surface area contributed by atoms with E-state index in [-0.39, 0.29) is 6.10 Å². The molecule has 0 bridgehead atoms. The lowest BCUT2D eigenvalue weighted by Gasteiger charge is -2.20. The summed E-state index contributed by atoms with van der Waals surface area (Å²) in [5, 5.41) is 10.1. The summed E-state index contributed by atoms with van der Waals surface area (Å²) < 4.78 is 0. The maximum Gasteiger partial charge on any atom is 0.108 e. The lowest BCUT2D eigenvalue weighted by atomic mass is 9.92. The van der Waals surface area contributed by atoms with Crippen molar-refractivity contribution in [1.82, 2.24) is 9.97 Å². The summed E-state index contributed by atoms with van der Waals surface area (Å²) in [6, 6.07) is 0. The quantitative estimate of drug-likeness (QED) is 0.749. The zero-order valence-corrected chi connectivity index (χ0v) is 9.15. The van der Waals surface area contributed by atoms with Crippen molar-refractivity contribution < 1.29 is 5.11 Å². The van der Waals surface area contributed by atoms with Gasteiger partial charge in [0.05, 0.1) is 6.10 Å². The molecule has 1 heterocycles. The highest BCUT2D eigenvalue weighted by atomic mass is 16.3. The van der Waals surface area contributed by atoms with Crippen LogP contribution in [0.15, 0.2) is 12.4 Å². The lowest BCUT2D eigenvalue weighted by Crippen LogP contribution is -2.23. The van der Waals surface area contributed by atoms with Crippen LogP contribution in [0.2, 0.25) is 0 Å². The molecule has 2 rings (SSSR count). The maximum absolute atomic E-state index is 10.1. The van der Waals surface area contributed by atoms with Gasteiger partial charge in [0, 0.05) is 18.8 Å². The fraction of sp³-hybridized carbons (Fsp3) is 0.750. The van der Waals surface area contributed by atoms with Crippen LogP contribution in [0.5, 0.6) is 0 Å². The fourth-order valence-electron chi connectivity index (χ4n) is 2.47. The Morgan fingerprint density at radius 2 is 2.07 bits per heavy atom. The number of aliphatic hydroxyl groups excluding tert-OH is 1. The topological polar surface area (TPSA) is 48.9 Å². The molecular formula is C12H20N2O. The molecule has 1 atom stereocenters. The molecule has 0 spiro atoms. The summed E-state index contributed by atoms with van der Waals surface area (Å²) in [4.78, 5) is 7.21. The summed E-state index contributed by atoms with van der Waals surface area (Å²) in [7, 11) is 0. The van der Waals surface area contributed by atoms with E-state index in [1.165, 1.54) is 38.5 Å². The Morgan fingerprint density at radius 1 is 1.33 bits per heavy atom. The van der Waals surface area contributed by atoms with E-state index in [0.29, 0.717) is 12.3 Å². The minimum absolute atomic E-state index is 0.214. The molecule has 1 aliphatic rings. The Morgan fingerprint density at radius 3 is 2.67 bits per heavy atom. The molecule has 1 saturated carbocycles. The number of H-pyrrole nitrogens is 1. The third-order valence-electron chi connectivity index (χ3n) is 3.40. The SMILES string of the molecule is OC(Cc1ncc[nH]1)C1CCCCCC1. The zero-order chi connectivity index (χ0) is 10.5. The second kappa shape index (κ2) is 5.31. The molecule has 1 fully saturated rings. The number of nitrogens with one attached hydrogen (secondary N) is 1. The molecule has 1 aromatic rings. The molecule has 0 radical (unpaired) electrons. The van der Waals surface area contributed by atoms with Crippen LogP contribution in [-0.2, 0) is 6.42 Å². The van der Waals surface area contributed by atoms with Gasteiger partial charge in [0.15, 0.2) is 0 Å². The van der Waals surface area contributed by atoms with Crippen LogP contribution in [0.1, 0.15) is 44.3 Å². The Labute approximate surface area is 90.9 Å². The minimum Gasteiger partial charge on any atom is -0.392 e. The third-order valence-corrected chi connectivity index (χ3v) is 3.40. The predicted molar refractivity (Wildman–Crippen MR) is 59.5 cm³/mol. The number of nitrogens with zero attached hydrogens (tertiary/aromatic N) is 1. The molecule has 1 aliphatic carbocycles. The lowest BCUT2D eigenvalue weighted by molar-refractivity contribution is 0.0969. The maximum atomic E-state index is 10.1. The highest BCUT2D eigenvalue weighted by Gasteiger charge is 2.21. The highest BCUT2D eigenvalue weighted by Crippen LogP contribution is 2.26. The van der Waals surface area contributed by atoms with Crippen molar-refractivity contribution >= 4 is 0 Å². The van der Waals surface area contributed by atoms with Gasteiger partial charge in [0.2, 0.25) is 0 Å². The number of imidazole rings is 1. The third kappa shape index (κ3) is 3.06. The van der Waals surface area contributed by atoms with Gasteiger partial charge in [-0.25, -0.2) is 4.98 Å². The van der Waals surface area contributed by atoms with Gasteiger partial charge in [-0.2, -0.15) is 0 Å². The van der Waals surface area contributed by atoms with Crippen LogP contribution in [0, 0.1) is 5.92 Å². The van der Waals surface area contributed by atoms with Crippen LogP contribution < -0.4 is 0 Å². The second-order valence-corrected chi connectivity index (χ2v) is 4.56. The van der Waals surface area contributed by atoms with Crippen LogP contribution in [-0.4, -0.2) is 21.2 Å². The van der Waals surface area contributed by atoms with Crippen LogP contribution in [0.25, 0.3) is 0 Å². The number of rotatable bonds is 3. The van der Waals surface area contributed by atoms with E-state index in [4.69, 9.17) is 0 Å². The van der Waals surface area contributed by atoms with E-state index < -0.39 is 0 Å². The van der Waals surface area contributed by atoms with E-state index >= 15 is 0 Å². The van der Waals surface area contributed by atoms with E-state index in [9.17, 15) is 5.11 Å². The molecule has 0 amide bonds.